The number of carbonyl (C=O) groups is 1. The van der Waals surface area contributed by atoms with E-state index in [1.54, 1.807) is 11.8 Å². The number of H-pyrrole nitrogens is 1. The van der Waals surface area contributed by atoms with Crippen molar-refractivity contribution in [1.29, 1.82) is 0 Å². The van der Waals surface area contributed by atoms with Crippen LogP contribution in [0.5, 0.6) is 0 Å². The lowest BCUT2D eigenvalue weighted by Gasteiger charge is -1.99. The number of hydrogen-bond acceptors (Lipinski definition) is 3. The van der Waals surface area contributed by atoms with Crippen molar-refractivity contribution in [3.63, 3.8) is 0 Å². The van der Waals surface area contributed by atoms with E-state index >= 15 is 0 Å². The van der Waals surface area contributed by atoms with E-state index in [1.807, 2.05) is 6.92 Å². The Balaban J connectivity index is 2.35. The second-order valence-corrected chi connectivity index (χ2v) is 4.60. The van der Waals surface area contributed by atoms with Gasteiger partial charge < -0.3 is 5.11 Å². The first-order valence-corrected chi connectivity index (χ1v) is 5.67. The highest BCUT2D eigenvalue weighted by Crippen LogP contribution is 2.43. The molecule has 1 fully saturated rings. The van der Waals surface area contributed by atoms with E-state index in [4.69, 9.17) is 5.11 Å². The summed E-state index contributed by atoms with van der Waals surface area (Å²) in [6, 6.07) is 0. The third-order valence-corrected chi connectivity index (χ3v) is 3.22. The zero-order valence-electron chi connectivity index (χ0n) is 7.91. The van der Waals surface area contributed by atoms with Crippen LogP contribution in [0.2, 0.25) is 0 Å². The van der Waals surface area contributed by atoms with Crippen molar-refractivity contribution in [2.24, 2.45) is 0 Å². The number of carboxylic acid groups (broad SMARTS) is 1. The number of aromatic amines is 1. The van der Waals surface area contributed by atoms with Gasteiger partial charge in [0.2, 0.25) is 0 Å². The average Bonchev–Trinajstić information content (AvgIpc) is 2.89. The second-order valence-electron chi connectivity index (χ2n) is 3.33. The van der Waals surface area contributed by atoms with Crippen LogP contribution in [-0.4, -0.2) is 27.0 Å². The third-order valence-electron chi connectivity index (χ3n) is 2.22. The summed E-state index contributed by atoms with van der Waals surface area (Å²) in [5, 5.41) is 15.6. The summed E-state index contributed by atoms with van der Waals surface area (Å²) in [4.78, 5) is 11.7. The van der Waals surface area contributed by atoms with Crippen LogP contribution in [0.3, 0.4) is 0 Å². The number of nitrogens with zero attached hydrogens (tertiary/aromatic N) is 1. The van der Waals surface area contributed by atoms with Gasteiger partial charge in [0, 0.05) is 5.92 Å². The maximum Gasteiger partial charge on any atom is 0.357 e. The fraction of sp³-hybridized carbons (Fsp3) is 0.556. The number of hydrogen-bond donors (Lipinski definition) is 2. The Kier molecular flexibility index (Phi) is 2.50. The van der Waals surface area contributed by atoms with E-state index in [0.29, 0.717) is 5.92 Å². The SMILES string of the molecule is CCSc1c(C(=O)O)n[nH]c1C1CC1. The summed E-state index contributed by atoms with van der Waals surface area (Å²) in [6.45, 7) is 2.01. The van der Waals surface area contributed by atoms with Gasteiger partial charge in [-0.1, -0.05) is 6.92 Å². The molecular weight excluding hydrogens is 200 g/mol. The summed E-state index contributed by atoms with van der Waals surface area (Å²) in [5.41, 5.74) is 1.20. The van der Waals surface area contributed by atoms with Gasteiger partial charge in [0.1, 0.15) is 0 Å². The Morgan fingerprint density at radius 2 is 2.43 bits per heavy atom. The monoisotopic (exact) mass is 212 g/mol. The van der Waals surface area contributed by atoms with Gasteiger partial charge in [0.15, 0.2) is 5.69 Å². The predicted octanol–water partition coefficient (Wildman–Crippen LogP) is 2.10. The molecule has 0 bridgehead atoms. The van der Waals surface area contributed by atoms with E-state index in [2.05, 4.69) is 10.2 Å². The van der Waals surface area contributed by atoms with Gasteiger partial charge >= 0.3 is 5.97 Å². The lowest BCUT2D eigenvalue weighted by molar-refractivity contribution is 0.0686. The molecule has 0 aromatic carbocycles. The van der Waals surface area contributed by atoms with Crippen molar-refractivity contribution in [2.75, 3.05) is 5.75 Å². The summed E-state index contributed by atoms with van der Waals surface area (Å²) < 4.78 is 0. The summed E-state index contributed by atoms with van der Waals surface area (Å²) in [6.07, 6.45) is 2.30. The molecule has 0 saturated heterocycles. The highest BCUT2D eigenvalue weighted by molar-refractivity contribution is 7.99. The number of rotatable bonds is 4. The standard InChI is InChI=1S/C9H12N2O2S/c1-2-14-8-6(5-3-4-5)10-11-7(8)9(12)13/h5H,2-4H2,1H3,(H,10,11)(H,12,13). The van der Waals surface area contributed by atoms with Crippen molar-refractivity contribution in [3.8, 4) is 0 Å². The smallest absolute Gasteiger partial charge is 0.357 e. The van der Waals surface area contributed by atoms with Gasteiger partial charge in [-0.25, -0.2) is 4.79 Å². The quantitative estimate of drug-likeness (QED) is 0.750. The summed E-state index contributed by atoms with van der Waals surface area (Å²) >= 11 is 1.56. The average molecular weight is 212 g/mol. The summed E-state index contributed by atoms with van der Waals surface area (Å²) in [7, 11) is 0. The molecule has 1 saturated carbocycles. The first-order chi connectivity index (χ1) is 6.74. The van der Waals surface area contributed by atoms with Crippen LogP contribution in [0.15, 0.2) is 4.90 Å². The van der Waals surface area contributed by atoms with E-state index in [-0.39, 0.29) is 5.69 Å². The number of carboxylic acids is 1. The van der Waals surface area contributed by atoms with E-state index in [1.165, 1.54) is 0 Å². The first-order valence-electron chi connectivity index (χ1n) is 4.68. The molecule has 14 heavy (non-hydrogen) atoms. The van der Waals surface area contributed by atoms with Crippen LogP contribution < -0.4 is 0 Å². The Bertz CT molecular complexity index is 358. The Hall–Kier alpha value is -0.970. The third kappa shape index (κ3) is 1.64. The molecule has 5 heteroatoms. The highest BCUT2D eigenvalue weighted by atomic mass is 32.2. The molecule has 76 valence electrons. The topological polar surface area (TPSA) is 66.0 Å². The van der Waals surface area contributed by atoms with E-state index in [0.717, 1.165) is 29.2 Å². The number of nitrogens with one attached hydrogen (secondary N) is 1. The zero-order chi connectivity index (χ0) is 10.1. The zero-order valence-corrected chi connectivity index (χ0v) is 8.73. The molecule has 1 aromatic heterocycles. The molecule has 1 aliphatic rings. The second kappa shape index (κ2) is 3.65. The van der Waals surface area contributed by atoms with Crippen molar-refractivity contribution in [1.82, 2.24) is 10.2 Å². The van der Waals surface area contributed by atoms with Crippen LogP contribution >= 0.6 is 11.8 Å². The largest absolute Gasteiger partial charge is 0.476 e. The molecule has 0 amide bonds. The van der Waals surface area contributed by atoms with Gasteiger partial charge in [-0.15, -0.1) is 11.8 Å². The van der Waals surface area contributed by atoms with Crippen LogP contribution in [0.4, 0.5) is 0 Å². The van der Waals surface area contributed by atoms with Crippen molar-refractivity contribution >= 4 is 17.7 Å². The first kappa shape index (κ1) is 9.58. The van der Waals surface area contributed by atoms with Crippen LogP contribution in [-0.2, 0) is 0 Å². The molecule has 1 aromatic rings. The molecule has 0 aliphatic heterocycles. The lowest BCUT2D eigenvalue weighted by atomic mass is 10.2. The molecule has 2 rings (SSSR count). The van der Waals surface area contributed by atoms with Gasteiger partial charge in [-0.05, 0) is 18.6 Å². The van der Waals surface area contributed by atoms with Crippen LogP contribution in [0, 0.1) is 0 Å². The molecule has 0 spiro atoms. The molecule has 0 atom stereocenters. The van der Waals surface area contributed by atoms with E-state index in [9.17, 15) is 4.79 Å². The van der Waals surface area contributed by atoms with Crippen molar-refractivity contribution in [2.45, 2.75) is 30.6 Å². The minimum absolute atomic E-state index is 0.179. The fourth-order valence-corrected chi connectivity index (χ4v) is 2.36. The number of aromatic carboxylic acids is 1. The molecular formula is C9H12N2O2S. The van der Waals surface area contributed by atoms with Gasteiger partial charge in [0.05, 0.1) is 10.6 Å². The minimum atomic E-state index is -0.941. The van der Waals surface area contributed by atoms with Gasteiger partial charge in [-0.3, -0.25) is 5.10 Å². The molecule has 2 N–H and O–H groups in total. The van der Waals surface area contributed by atoms with E-state index < -0.39 is 5.97 Å². The summed E-state index contributed by atoms with van der Waals surface area (Å²) in [5.74, 6) is 0.452. The molecule has 1 heterocycles. The minimum Gasteiger partial charge on any atom is -0.476 e. The number of aromatic nitrogens is 2. The van der Waals surface area contributed by atoms with Crippen LogP contribution in [0.25, 0.3) is 0 Å². The fourth-order valence-electron chi connectivity index (χ4n) is 1.43. The Morgan fingerprint density at radius 3 is 2.93 bits per heavy atom. The Labute approximate surface area is 86.1 Å². The molecule has 0 unspecified atom stereocenters. The lowest BCUT2D eigenvalue weighted by Crippen LogP contribution is -1.98. The number of thioether (sulfide) groups is 1. The van der Waals surface area contributed by atoms with Crippen molar-refractivity contribution in [3.05, 3.63) is 11.4 Å². The maximum absolute atomic E-state index is 10.9. The van der Waals surface area contributed by atoms with Gasteiger partial charge in [0.25, 0.3) is 0 Å². The molecule has 4 nitrogen and oxygen atoms in total. The highest BCUT2D eigenvalue weighted by Gasteiger charge is 2.31. The van der Waals surface area contributed by atoms with Gasteiger partial charge in [-0.2, -0.15) is 5.10 Å². The molecule has 0 radical (unpaired) electrons. The predicted molar refractivity (Wildman–Crippen MR) is 53.9 cm³/mol. The normalized spacial score (nSPS) is 15.8. The van der Waals surface area contributed by atoms with Crippen LogP contribution in [0.1, 0.15) is 41.9 Å². The molecule has 1 aliphatic carbocycles. The van der Waals surface area contributed by atoms with Crippen molar-refractivity contribution < 1.29 is 9.90 Å². The maximum atomic E-state index is 10.9. The Morgan fingerprint density at radius 1 is 1.71 bits per heavy atom.